The number of nitrogens with one attached hydrogen (secondary N) is 3. The lowest BCUT2D eigenvalue weighted by atomic mass is 10.1. The maximum atomic E-state index is 11.9. The van der Waals surface area contributed by atoms with E-state index in [9.17, 15) is 4.79 Å². The van der Waals surface area contributed by atoms with Crippen molar-refractivity contribution < 1.29 is 19.4 Å². The summed E-state index contributed by atoms with van der Waals surface area (Å²) in [5, 5.41) is 18.0. The van der Waals surface area contributed by atoms with Crippen LogP contribution in [0.5, 0.6) is 11.5 Å². The molecule has 0 saturated carbocycles. The molecule has 4 N–H and O–H groups in total. The molecule has 1 rings (SSSR count). The summed E-state index contributed by atoms with van der Waals surface area (Å²) in [5.41, 5.74) is 0.796. The summed E-state index contributed by atoms with van der Waals surface area (Å²) in [6.07, 6.45) is 0.987. The van der Waals surface area contributed by atoms with Crippen molar-refractivity contribution in [3.63, 3.8) is 0 Å². The third-order valence-electron chi connectivity index (χ3n) is 3.43. The van der Waals surface area contributed by atoms with Crippen LogP contribution >= 0.6 is 0 Å². The second kappa shape index (κ2) is 11.7. The van der Waals surface area contributed by atoms with E-state index in [2.05, 4.69) is 16.0 Å². The zero-order valence-electron chi connectivity index (χ0n) is 16.4. The van der Waals surface area contributed by atoms with Crippen LogP contribution in [-0.2, 0) is 11.3 Å². The molecular formula is C19H33N3O4. The van der Waals surface area contributed by atoms with E-state index < -0.39 is 0 Å². The quantitative estimate of drug-likeness (QED) is 0.413. The second-order valence-corrected chi connectivity index (χ2v) is 7.08. The van der Waals surface area contributed by atoms with Crippen molar-refractivity contribution in [1.82, 2.24) is 16.0 Å². The Bertz CT molecular complexity index is 544. The minimum absolute atomic E-state index is 0.0495. The highest BCUT2D eigenvalue weighted by Gasteiger charge is 2.15. The average Bonchev–Trinajstić information content (AvgIpc) is 2.58. The Balaban J connectivity index is 2.42. The molecule has 7 nitrogen and oxygen atoms in total. The lowest BCUT2D eigenvalue weighted by Crippen LogP contribution is -2.43. The third-order valence-corrected chi connectivity index (χ3v) is 3.43. The molecule has 1 amide bonds. The number of benzene rings is 1. The molecule has 0 fully saturated rings. The van der Waals surface area contributed by atoms with Gasteiger partial charge in [0.25, 0.3) is 5.91 Å². The highest BCUT2D eigenvalue weighted by atomic mass is 16.5. The Kier molecular flexibility index (Phi) is 10.0. The van der Waals surface area contributed by atoms with Gasteiger partial charge in [-0.1, -0.05) is 6.07 Å². The summed E-state index contributed by atoms with van der Waals surface area (Å²) in [6, 6.07) is 5.69. The number of ether oxygens (including phenoxy) is 2. The minimum Gasteiger partial charge on any atom is -0.493 e. The van der Waals surface area contributed by atoms with Gasteiger partial charge in [0, 0.05) is 18.6 Å². The molecule has 0 aliphatic rings. The normalized spacial score (nSPS) is 11.3. The van der Waals surface area contributed by atoms with Gasteiger partial charge in [0.15, 0.2) is 18.1 Å². The molecule has 1 aromatic rings. The highest BCUT2D eigenvalue weighted by Crippen LogP contribution is 2.28. The predicted molar refractivity (Wildman–Crippen MR) is 103 cm³/mol. The van der Waals surface area contributed by atoms with Gasteiger partial charge in [0.1, 0.15) is 0 Å². The summed E-state index contributed by atoms with van der Waals surface area (Å²) in [5.74, 6) is 0.992. The number of aliphatic hydroxyl groups excluding tert-OH is 1. The number of amides is 1. The van der Waals surface area contributed by atoms with Gasteiger partial charge in [0.2, 0.25) is 0 Å². The molecule has 0 aliphatic carbocycles. The van der Waals surface area contributed by atoms with Gasteiger partial charge < -0.3 is 30.5 Å². The number of aliphatic hydroxyl groups is 1. The number of hydrogen-bond donors (Lipinski definition) is 4. The van der Waals surface area contributed by atoms with Gasteiger partial charge in [-0.2, -0.15) is 0 Å². The fraction of sp³-hybridized carbons (Fsp3) is 0.632. The summed E-state index contributed by atoms with van der Waals surface area (Å²) < 4.78 is 11.0. The largest absolute Gasteiger partial charge is 0.493 e. The smallest absolute Gasteiger partial charge is 0.258 e. The molecule has 1 aromatic carbocycles. The number of methoxy groups -OCH3 is 1. The summed E-state index contributed by atoms with van der Waals surface area (Å²) in [4.78, 5) is 11.9. The Labute approximate surface area is 156 Å². The van der Waals surface area contributed by atoms with Crippen LogP contribution in [0.3, 0.4) is 0 Å². The first-order chi connectivity index (χ1) is 12.4. The average molecular weight is 367 g/mol. The molecule has 0 heterocycles. The molecule has 0 unspecified atom stereocenters. The van der Waals surface area contributed by atoms with Crippen LogP contribution in [0.4, 0.5) is 0 Å². The van der Waals surface area contributed by atoms with Crippen LogP contribution in [0.15, 0.2) is 18.2 Å². The topological polar surface area (TPSA) is 91.8 Å². The van der Waals surface area contributed by atoms with Crippen molar-refractivity contribution in [3.8, 4) is 11.5 Å². The molecule has 0 radical (unpaired) electrons. The Morgan fingerprint density at radius 2 is 1.85 bits per heavy atom. The van der Waals surface area contributed by atoms with Crippen molar-refractivity contribution in [2.75, 3.05) is 40.0 Å². The first-order valence-electron chi connectivity index (χ1n) is 8.98. The van der Waals surface area contributed by atoms with Crippen LogP contribution in [0.2, 0.25) is 0 Å². The maximum Gasteiger partial charge on any atom is 0.258 e. The van der Waals surface area contributed by atoms with Crippen molar-refractivity contribution in [1.29, 1.82) is 0 Å². The molecule has 26 heavy (non-hydrogen) atoms. The van der Waals surface area contributed by atoms with Gasteiger partial charge in [-0.15, -0.1) is 0 Å². The van der Waals surface area contributed by atoms with E-state index in [-0.39, 0.29) is 24.7 Å². The van der Waals surface area contributed by atoms with Crippen LogP contribution in [0.1, 0.15) is 32.8 Å². The molecule has 0 spiro atoms. The van der Waals surface area contributed by atoms with Crippen molar-refractivity contribution >= 4 is 5.91 Å². The Morgan fingerprint density at radius 1 is 1.12 bits per heavy atom. The van der Waals surface area contributed by atoms with Gasteiger partial charge in [-0.05, 0) is 58.0 Å². The van der Waals surface area contributed by atoms with Crippen molar-refractivity contribution in [2.45, 2.75) is 39.3 Å². The first-order valence-corrected chi connectivity index (χ1v) is 8.98. The van der Waals surface area contributed by atoms with Gasteiger partial charge in [-0.3, -0.25) is 4.79 Å². The molecule has 0 aliphatic heterocycles. The van der Waals surface area contributed by atoms with E-state index in [4.69, 9.17) is 14.6 Å². The Morgan fingerprint density at radius 3 is 2.50 bits per heavy atom. The lowest BCUT2D eigenvalue weighted by molar-refractivity contribution is -0.124. The van der Waals surface area contributed by atoms with E-state index in [1.807, 2.05) is 39.0 Å². The summed E-state index contributed by atoms with van der Waals surface area (Å²) >= 11 is 0. The fourth-order valence-corrected chi connectivity index (χ4v) is 2.31. The molecule has 0 saturated heterocycles. The number of carbonyl (C=O) groups is 1. The monoisotopic (exact) mass is 367 g/mol. The lowest BCUT2D eigenvalue weighted by Gasteiger charge is -2.20. The fourth-order valence-electron chi connectivity index (χ4n) is 2.31. The molecule has 7 heteroatoms. The molecule has 0 aromatic heterocycles. The number of hydrogen-bond acceptors (Lipinski definition) is 6. The standard InChI is InChI=1S/C19H33N3O4/c1-19(2,3)22-18(24)14-26-16-7-6-15(12-17(16)25-4)13-21-9-5-8-20-10-11-23/h6-7,12,20-21,23H,5,8-11,13-14H2,1-4H3,(H,22,24). The van der Waals surface area contributed by atoms with E-state index in [0.29, 0.717) is 18.0 Å². The second-order valence-electron chi connectivity index (χ2n) is 7.08. The van der Waals surface area contributed by atoms with E-state index in [0.717, 1.165) is 31.6 Å². The van der Waals surface area contributed by atoms with Gasteiger partial charge in [0.05, 0.1) is 13.7 Å². The van der Waals surface area contributed by atoms with E-state index >= 15 is 0 Å². The molecule has 148 valence electrons. The van der Waals surface area contributed by atoms with Gasteiger partial charge in [-0.25, -0.2) is 0 Å². The zero-order chi connectivity index (χ0) is 19.4. The minimum atomic E-state index is -0.284. The van der Waals surface area contributed by atoms with Crippen LogP contribution in [0.25, 0.3) is 0 Å². The van der Waals surface area contributed by atoms with Gasteiger partial charge >= 0.3 is 0 Å². The van der Waals surface area contributed by atoms with Crippen LogP contribution in [0, 0.1) is 0 Å². The maximum absolute atomic E-state index is 11.9. The van der Waals surface area contributed by atoms with Crippen molar-refractivity contribution in [2.24, 2.45) is 0 Å². The predicted octanol–water partition coefficient (Wildman–Crippen LogP) is 1.05. The molecule has 0 atom stereocenters. The molecule has 0 bridgehead atoms. The summed E-state index contributed by atoms with van der Waals surface area (Å²) in [7, 11) is 1.58. The van der Waals surface area contributed by atoms with E-state index in [1.54, 1.807) is 7.11 Å². The van der Waals surface area contributed by atoms with Crippen LogP contribution in [-0.4, -0.2) is 56.5 Å². The zero-order valence-corrected chi connectivity index (χ0v) is 16.4. The Hall–Kier alpha value is -1.83. The third kappa shape index (κ3) is 9.60. The van der Waals surface area contributed by atoms with E-state index in [1.165, 1.54) is 0 Å². The number of carbonyl (C=O) groups excluding carboxylic acids is 1. The molecular weight excluding hydrogens is 334 g/mol. The highest BCUT2D eigenvalue weighted by molar-refractivity contribution is 5.78. The van der Waals surface area contributed by atoms with Crippen LogP contribution < -0.4 is 25.4 Å². The first kappa shape index (κ1) is 22.2. The summed E-state index contributed by atoms with van der Waals surface area (Å²) in [6.45, 7) is 9.01. The number of rotatable bonds is 12. The van der Waals surface area contributed by atoms with Crippen molar-refractivity contribution in [3.05, 3.63) is 23.8 Å². The SMILES string of the molecule is COc1cc(CNCCCNCCO)ccc1OCC(=O)NC(C)(C)C.